The van der Waals surface area contributed by atoms with Crippen LogP contribution in [-0.4, -0.2) is 39.7 Å². The molecule has 0 saturated carbocycles. The van der Waals surface area contributed by atoms with E-state index in [4.69, 9.17) is 14.6 Å². The Morgan fingerprint density at radius 1 is 1.20 bits per heavy atom. The first-order valence-electron chi connectivity index (χ1n) is 7.07. The third-order valence-corrected chi connectivity index (χ3v) is 3.19. The standard InChI is InChI=1S/C16H14N2O7/c19-9-13(16(21)22)17-15(20)11-4-1-10(2-5-11)3-6-12-7-8-14(25-12)18(23)24/h1-8,13,19H,9H2,(H,17,20)(H,21,22)/b6-3+/t13-/m0/s1. The van der Waals surface area contributed by atoms with Crippen molar-refractivity contribution in [1.29, 1.82) is 0 Å². The van der Waals surface area contributed by atoms with Crippen molar-refractivity contribution in [1.82, 2.24) is 5.32 Å². The Balaban J connectivity index is 2.03. The number of carboxylic acid groups (broad SMARTS) is 1. The zero-order chi connectivity index (χ0) is 18.4. The van der Waals surface area contributed by atoms with Gasteiger partial charge in [-0.25, -0.2) is 4.79 Å². The molecule has 0 bridgehead atoms. The fraction of sp³-hybridized carbons (Fsp3) is 0.125. The lowest BCUT2D eigenvalue weighted by atomic mass is 10.1. The first-order chi connectivity index (χ1) is 11.9. The van der Waals surface area contributed by atoms with Gasteiger partial charge in [-0.05, 0) is 29.8 Å². The predicted octanol–water partition coefficient (Wildman–Crippen LogP) is 1.53. The molecule has 0 spiro atoms. The third kappa shape index (κ3) is 4.75. The smallest absolute Gasteiger partial charge is 0.433 e. The van der Waals surface area contributed by atoms with Crippen molar-refractivity contribution in [3.8, 4) is 0 Å². The number of aliphatic hydroxyl groups excluding tert-OH is 1. The Morgan fingerprint density at radius 3 is 2.40 bits per heavy atom. The molecular formula is C16H14N2O7. The minimum absolute atomic E-state index is 0.227. The molecule has 2 rings (SSSR count). The highest BCUT2D eigenvalue weighted by atomic mass is 16.6. The van der Waals surface area contributed by atoms with Crippen LogP contribution in [0.2, 0.25) is 0 Å². The van der Waals surface area contributed by atoms with Crippen LogP contribution in [0.5, 0.6) is 0 Å². The van der Waals surface area contributed by atoms with E-state index in [2.05, 4.69) is 5.32 Å². The number of nitrogens with one attached hydrogen (secondary N) is 1. The van der Waals surface area contributed by atoms with Crippen LogP contribution in [0.1, 0.15) is 21.7 Å². The van der Waals surface area contributed by atoms with Gasteiger partial charge >= 0.3 is 11.9 Å². The van der Waals surface area contributed by atoms with E-state index in [1.807, 2.05) is 0 Å². The van der Waals surface area contributed by atoms with E-state index >= 15 is 0 Å². The average molecular weight is 346 g/mol. The molecule has 1 aromatic carbocycles. The van der Waals surface area contributed by atoms with Gasteiger partial charge in [0.05, 0.1) is 12.7 Å². The number of carbonyl (C=O) groups is 2. The second-order valence-corrected chi connectivity index (χ2v) is 4.94. The number of hydrogen-bond donors (Lipinski definition) is 3. The average Bonchev–Trinajstić information content (AvgIpc) is 3.07. The van der Waals surface area contributed by atoms with Crippen LogP contribution >= 0.6 is 0 Å². The van der Waals surface area contributed by atoms with Gasteiger partial charge in [0, 0.05) is 5.56 Å². The lowest BCUT2D eigenvalue weighted by Gasteiger charge is -2.11. The molecule has 0 aliphatic heterocycles. The first-order valence-corrected chi connectivity index (χ1v) is 7.07. The zero-order valence-corrected chi connectivity index (χ0v) is 12.8. The molecule has 0 aliphatic rings. The summed E-state index contributed by atoms with van der Waals surface area (Å²) in [6, 6.07) is 7.51. The van der Waals surface area contributed by atoms with Crippen LogP contribution in [0.4, 0.5) is 5.88 Å². The molecule has 0 radical (unpaired) electrons. The van der Waals surface area contributed by atoms with Crippen molar-refractivity contribution < 1.29 is 29.1 Å². The zero-order valence-electron chi connectivity index (χ0n) is 12.8. The van der Waals surface area contributed by atoms with E-state index in [-0.39, 0.29) is 11.4 Å². The number of hydrogen-bond acceptors (Lipinski definition) is 6. The van der Waals surface area contributed by atoms with Crippen molar-refractivity contribution in [3.63, 3.8) is 0 Å². The highest BCUT2D eigenvalue weighted by molar-refractivity contribution is 5.96. The summed E-state index contributed by atoms with van der Waals surface area (Å²) in [6.45, 7) is -0.711. The van der Waals surface area contributed by atoms with Gasteiger partial charge in [-0.1, -0.05) is 18.2 Å². The van der Waals surface area contributed by atoms with Gasteiger partial charge < -0.3 is 19.9 Å². The maximum atomic E-state index is 11.9. The van der Waals surface area contributed by atoms with Crippen molar-refractivity contribution in [2.24, 2.45) is 0 Å². The molecule has 0 aliphatic carbocycles. The molecule has 0 fully saturated rings. The summed E-state index contributed by atoms with van der Waals surface area (Å²) in [6.07, 6.45) is 3.17. The molecular weight excluding hydrogens is 332 g/mol. The van der Waals surface area contributed by atoms with E-state index < -0.39 is 29.4 Å². The Kier molecular flexibility index (Phi) is 5.64. The predicted molar refractivity (Wildman–Crippen MR) is 86.7 cm³/mol. The molecule has 1 amide bonds. The number of benzene rings is 1. The van der Waals surface area contributed by atoms with Gasteiger partial charge in [0.1, 0.15) is 10.7 Å². The number of nitrogens with zero attached hydrogens (tertiary/aromatic N) is 1. The number of aliphatic hydroxyl groups is 1. The number of amides is 1. The fourth-order valence-electron chi connectivity index (χ4n) is 1.88. The van der Waals surface area contributed by atoms with Crippen LogP contribution in [0, 0.1) is 10.1 Å². The summed E-state index contributed by atoms with van der Waals surface area (Å²) in [4.78, 5) is 32.6. The minimum atomic E-state index is -1.37. The van der Waals surface area contributed by atoms with Gasteiger partial charge in [0.25, 0.3) is 5.91 Å². The Bertz CT molecular complexity index is 808. The summed E-state index contributed by atoms with van der Waals surface area (Å²) in [7, 11) is 0. The normalized spacial score (nSPS) is 12.0. The first kappa shape index (κ1) is 17.9. The number of furan rings is 1. The van der Waals surface area contributed by atoms with Crippen LogP contribution in [0.3, 0.4) is 0 Å². The molecule has 2 aromatic rings. The monoisotopic (exact) mass is 346 g/mol. The van der Waals surface area contributed by atoms with Crippen molar-refractivity contribution in [2.45, 2.75) is 6.04 Å². The number of rotatable bonds is 7. The molecule has 1 heterocycles. The summed E-state index contributed by atoms with van der Waals surface area (Å²) in [5.74, 6) is -2.01. The topological polar surface area (TPSA) is 143 Å². The lowest BCUT2D eigenvalue weighted by Crippen LogP contribution is -2.43. The highest BCUT2D eigenvalue weighted by Gasteiger charge is 2.19. The molecule has 1 aromatic heterocycles. The number of nitro groups is 1. The van der Waals surface area contributed by atoms with Gasteiger partial charge in [-0.2, -0.15) is 0 Å². The van der Waals surface area contributed by atoms with E-state index in [0.717, 1.165) is 0 Å². The molecule has 0 saturated heterocycles. The molecule has 9 nitrogen and oxygen atoms in total. The quantitative estimate of drug-likeness (QED) is 0.509. The second-order valence-electron chi connectivity index (χ2n) is 4.94. The minimum Gasteiger partial charge on any atom is -0.480 e. The van der Waals surface area contributed by atoms with Crippen LogP contribution in [0.15, 0.2) is 40.8 Å². The third-order valence-electron chi connectivity index (χ3n) is 3.19. The van der Waals surface area contributed by atoms with Gasteiger partial charge in [-0.3, -0.25) is 14.9 Å². The number of carbonyl (C=O) groups excluding carboxylic acids is 1. The Morgan fingerprint density at radius 2 is 1.88 bits per heavy atom. The van der Waals surface area contributed by atoms with Crippen molar-refractivity contribution in [3.05, 3.63) is 63.4 Å². The largest absolute Gasteiger partial charge is 0.480 e. The molecule has 1 atom stereocenters. The lowest BCUT2D eigenvalue weighted by molar-refractivity contribution is -0.402. The maximum Gasteiger partial charge on any atom is 0.433 e. The molecule has 0 unspecified atom stereocenters. The summed E-state index contributed by atoms with van der Waals surface area (Å²) in [5.41, 5.74) is 0.929. The molecule has 9 heteroatoms. The Labute approximate surface area is 141 Å². The van der Waals surface area contributed by atoms with Crippen molar-refractivity contribution >= 4 is 29.9 Å². The van der Waals surface area contributed by atoms with Crippen molar-refractivity contribution in [2.75, 3.05) is 6.61 Å². The van der Waals surface area contributed by atoms with Gasteiger partial charge in [0.15, 0.2) is 6.04 Å². The fourth-order valence-corrected chi connectivity index (χ4v) is 1.88. The SMILES string of the molecule is O=C(N[C@@H](CO)C(=O)O)c1ccc(/C=C/c2ccc([N+](=O)[O-])o2)cc1. The van der Waals surface area contributed by atoms with Gasteiger partial charge in [0.2, 0.25) is 0 Å². The highest BCUT2D eigenvalue weighted by Crippen LogP contribution is 2.18. The number of carboxylic acids is 1. The Hall–Kier alpha value is -3.46. The molecule has 25 heavy (non-hydrogen) atoms. The summed E-state index contributed by atoms with van der Waals surface area (Å²) in [5, 5.41) is 30.4. The summed E-state index contributed by atoms with van der Waals surface area (Å²) < 4.78 is 4.98. The van der Waals surface area contributed by atoms with E-state index in [0.29, 0.717) is 11.3 Å². The summed E-state index contributed by atoms with van der Waals surface area (Å²) >= 11 is 0. The van der Waals surface area contributed by atoms with E-state index in [1.165, 1.54) is 30.3 Å². The van der Waals surface area contributed by atoms with E-state index in [1.54, 1.807) is 18.2 Å². The molecule has 130 valence electrons. The number of aliphatic carboxylic acids is 1. The van der Waals surface area contributed by atoms with Gasteiger partial charge in [-0.15, -0.1) is 0 Å². The molecule has 3 N–H and O–H groups in total. The maximum absolute atomic E-state index is 11.9. The van der Waals surface area contributed by atoms with E-state index in [9.17, 15) is 19.7 Å². The van der Waals surface area contributed by atoms with Crippen LogP contribution in [0.25, 0.3) is 12.2 Å². The second kappa shape index (κ2) is 7.88. The van der Waals surface area contributed by atoms with Crippen LogP contribution in [-0.2, 0) is 4.79 Å². The van der Waals surface area contributed by atoms with Crippen LogP contribution < -0.4 is 5.32 Å².